The van der Waals surface area contributed by atoms with Gasteiger partial charge in [0.05, 0.1) is 31.4 Å². The number of carbonyl (C=O) groups is 2. The van der Waals surface area contributed by atoms with Crippen LogP contribution >= 0.6 is 0 Å². The molecule has 4 aromatic rings. The number of quaternary nitrogens is 1. The average molecular weight is 565 g/mol. The van der Waals surface area contributed by atoms with Crippen LogP contribution in [0.1, 0.15) is 40.9 Å². The van der Waals surface area contributed by atoms with E-state index in [0.717, 1.165) is 13.1 Å². The van der Waals surface area contributed by atoms with Crippen LogP contribution < -0.4 is 19.9 Å². The monoisotopic (exact) mass is 564 g/mol. The van der Waals surface area contributed by atoms with E-state index in [2.05, 4.69) is 31.3 Å². The quantitative estimate of drug-likeness (QED) is 0.266. The Morgan fingerprint density at radius 1 is 0.929 bits per heavy atom. The van der Waals surface area contributed by atoms with Crippen molar-refractivity contribution in [2.75, 3.05) is 18.0 Å². The van der Waals surface area contributed by atoms with Gasteiger partial charge in [0.15, 0.2) is 11.5 Å². The van der Waals surface area contributed by atoms with Crippen molar-refractivity contribution in [1.82, 2.24) is 5.32 Å². The van der Waals surface area contributed by atoms with Crippen LogP contribution in [0.15, 0.2) is 109 Å². The number of halogens is 1. The Morgan fingerprint density at radius 2 is 1.62 bits per heavy atom. The van der Waals surface area contributed by atoms with Gasteiger partial charge in [-0.1, -0.05) is 72.8 Å². The number of nitrogens with zero attached hydrogens (tertiary/aromatic N) is 1. The highest BCUT2D eigenvalue weighted by Gasteiger charge is 2.30. The lowest BCUT2D eigenvalue weighted by molar-refractivity contribution is -0.933. The Bertz CT molecular complexity index is 1570. The molecule has 2 N–H and O–H groups in total. The van der Waals surface area contributed by atoms with E-state index in [0.29, 0.717) is 40.7 Å². The molecular weight excluding hydrogens is 529 g/mol. The first-order chi connectivity index (χ1) is 20.4. The summed E-state index contributed by atoms with van der Waals surface area (Å²) >= 11 is 0. The second-order valence-corrected chi connectivity index (χ2v) is 10.7. The molecule has 6 nitrogen and oxygen atoms in total. The van der Waals surface area contributed by atoms with Gasteiger partial charge in [0.2, 0.25) is 0 Å². The van der Waals surface area contributed by atoms with Crippen molar-refractivity contribution in [3.63, 3.8) is 0 Å². The molecule has 2 amide bonds. The number of nitrogens with one attached hydrogen (secondary N) is 2. The zero-order valence-electron chi connectivity index (χ0n) is 23.8. The normalized spacial score (nSPS) is 14.4. The van der Waals surface area contributed by atoms with E-state index >= 15 is 0 Å². The average Bonchev–Trinajstić information content (AvgIpc) is 3.00. The smallest absolute Gasteiger partial charge is 0.294 e. The number of hydrogen-bond donors (Lipinski definition) is 2. The van der Waals surface area contributed by atoms with Gasteiger partial charge in [-0.15, -0.1) is 0 Å². The maximum absolute atomic E-state index is 14.4. The third-order valence-electron chi connectivity index (χ3n) is 7.41. The van der Waals surface area contributed by atoms with Crippen LogP contribution in [0.2, 0.25) is 0 Å². The lowest BCUT2D eigenvalue weighted by Gasteiger charge is -2.30. The molecule has 1 atom stereocenters. The van der Waals surface area contributed by atoms with Crippen LogP contribution in [0, 0.1) is 5.82 Å². The molecule has 1 aliphatic heterocycles. The molecule has 4 aromatic carbocycles. The number of ether oxygens (including phenoxy) is 1. The maximum atomic E-state index is 14.4. The highest BCUT2D eigenvalue weighted by Crippen LogP contribution is 2.36. The Hall–Kier alpha value is -4.75. The first-order valence-corrected chi connectivity index (χ1v) is 14.2. The van der Waals surface area contributed by atoms with E-state index < -0.39 is 0 Å². The maximum Gasteiger partial charge on any atom is 0.294 e. The second-order valence-electron chi connectivity index (χ2n) is 10.7. The van der Waals surface area contributed by atoms with Crippen LogP contribution in [0.25, 0.3) is 6.08 Å². The number of amides is 2. The Labute approximate surface area is 246 Å². The molecule has 0 saturated heterocycles. The molecular formula is C35H35FN3O3+. The van der Waals surface area contributed by atoms with Gasteiger partial charge in [0.1, 0.15) is 12.4 Å². The second kappa shape index (κ2) is 13.3. The van der Waals surface area contributed by atoms with Gasteiger partial charge in [0.25, 0.3) is 11.8 Å². The highest BCUT2D eigenvalue weighted by molar-refractivity contribution is 6.09. The number of carbonyl (C=O) groups excluding carboxylic acids is 2. The fourth-order valence-electron chi connectivity index (χ4n) is 4.98. The lowest BCUT2D eigenvalue weighted by atomic mass is 10.1. The van der Waals surface area contributed by atoms with E-state index in [4.69, 9.17) is 4.74 Å². The van der Waals surface area contributed by atoms with Crippen LogP contribution in [0.4, 0.5) is 10.1 Å². The van der Waals surface area contributed by atoms with E-state index in [-0.39, 0.29) is 29.9 Å². The molecule has 0 spiro atoms. The minimum Gasteiger partial charge on any atom is -0.449 e. The van der Waals surface area contributed by atoms with Gasteiger partial charge in [-0.25, -0.2) is 4.39 Å². The van der Waals surface area contributed by atoms with Crippen molar-refractivity contribution >= 4 is 23.6 Å². The van der Waals surface area contributed by atoms with Gasteiger partial charge >= 0.3 is 0 Å². The lowest BCUT2D eigenvalue weighted by Crippen LogP contribution is -3.14. The Balaban J connectivity index is 1.24. The molecule has 0 bridgehead atoms. The summed E-state index contributed by atoms with van der Waals surface area (Å²) in [5, 5.41) is 3.03. The largest absolute Gasteiger partial charge is 0.449 e. The zero-order chi connectivity index (χ0) is 29.5. The Kier molecular flexibility index (Phi) is 9.09. The summed E-state index contributed by atoms with van der Waals surface area (Å²) in [5.41, 5.74) is 3.51. The van der Waals surface area contributed by atoms with Gasteiger partial charge in [-0.2, -0.15) is 0 Å². The molecule has 0 fully saturated rings. The number of anilines is 1. The standard InChI is InChI=1S/C35H34FN3O3/c1-25(2)38(23-27-10-4-3-5-11-27)21-20-37-34(40)28-18-16-26(17-19-28)22-33-35(41)39(24-29-12-6-7-13-30(29)36)31-14-8-9-15-32(31)42-33/h3-19,22,25H,20-21,23-24H2,1-2H3,(H,37,40)/p+1. The van der Waals surface area contributed by atoms with Crippen molar-refractivity contribution in [3.05, 3.63) is 137 Å². The van der Waals surface area contributed by atoms with Crippen LogP contribution in [-0.2, 0) is 17.9 Å². The molecule has 0 aliphatic carbocycles. The van der Waals surface area contributed by atoms with Crippen LogP contribution in [0.5, 0.6) is 5.75 Å². The molecule has 5 rings (SSSR count). The number of fused-ring (bicyclic) bond motifs is 1. The summed E-state index contributed by atoms with van der Waals surface area (Å²) in [6.07, 6.45) is 1.64. The van der Waals surface area contributed by atoms with Crippen molar-refractivity contribution in [1.29, 1.82) is 0 Å². The number of hydrogen-bond acceptors (Lipinski definition) is 3. The predicted octanol–water partition coefficient (Wildman–Crippen LogP) is 5.02. The molecule has 214 valence electrons. The third-order valence-corrected chi connectivity index (χ3v) is 7.41. The third kappa shape index (κ3) is 6.93. The van der Waals surface area contributed by atoms with Gasteiger partial charge in [-0.3, -0.25) is 14.5 Å². The van der Waals surface area contributed by atoms with Crippen LogP contribution in [-0.4, -0.2) is 30.9 Å². The first-order valence-electron chi connectivity index (χ1n) is 14.2. The molecule has 42 heavy (non-hydrogen) atoms. The van der Waals surface area contributed by atoms with Gasteiger partial charge in [0, 0.05) is 16.7 Å². The van der Waals surface area contributed by atoms with Gasteiger partial charge in [-0.05, 0) is 55.8 Å². The van der Waals surface area contributed by atoms with Crippen molar-refractivity contribution < 1.29 is 23.6 Å². The first kappa shape index (κ1) is 28.8. The molecule has 1 heterocycles. The molecule has 0 saturated carbocycles. The SMILES string of the molecule is CC(C)[NH+](CCNC(=O)c1ccc(C=C2Oc3ccccc3N(Cc3ccccc3F)C2=O)cc1)Cc1ccccc1. The fraction of sp³-hybridized carbons (Fsp3) is 0.200. The summed E-state index contributed by atoms with van der Waals surface area (Å²) in [6, 6.07) is 31.4. The number of para-hydroxylation sites is 2. The topological polar surface area (TPSA) is 63.1 Å². The molecule has 0 radical (unpaired) electrons. The summed E-state index contributed by atoms with van der Waals surface area (Å²) in [5.74, 6) is -0.250. The van der Waals surface area contributed by atoms with Crippen LogP contribution in [0.3, 0.4) is 0 Å². The number of rotatable bonds is 10. The van der Waals surface area contributed by atoms with E-state index in [9.17, 15) is 14.0 Å². The number of benzene rings is 4. The van der Waals surface area contributed by atoms with E-state index in [1.807, 2.05) is 30.3 Å². The van der Waals surface area contributed by atoms with Crippen molar-refractivity contribution in [2.45, 2.75) is 33.0 Å². The van der Waals surface area contributed by atoms with E-state index in [1.165, 1.54) is 21.4 Å². The summed E-state index contributed by atoms with van der Waals surface area (Å²) in [4.78, 5) is 29.2. The zero-order valence-corrected chi connectivity index (χ0v) is 23.8. The molecule has 1 aliphatic rings. The fourth-order valence-corrected chi connectivity index (χ4v) is 4.98. The molecule has 1 unspecified atom stereocenters. The summed E-state index contributed by atoms with van der Waals surface area (Å²) in [6.45, 7) is 6.72. The molecule has 7 heteroatoms. The summed E-state index contributed by atoms with van der Waals surface area (Å²) in [7, 11) is 0. The predicted molar refractivity (Wildman–Crippen MR) is 163 cm³/mol. The highest BCUT2D eigenvalue weighted by atomic mass is 19.1. The summed E-state index contributed by atoms with van der Waals surface area (Å²) < 4.78 is 20.4. The van der Waals surface area contributed by atoms with Gasteiger partial charge < -0.3 is 15.0 Å². The minimum atomic E-state index is -0.372. The van der Waals surface area contributed by atoms with Crippen molar-refractivity contribution in [3.8, 4) is 5.75 Å². The van der Waals surface area contributed by atoms with E-state index in [1.54, 1.807) is 60.7 Å². The van der Waals surface area contributed by atoms with Crippen molar-refractivity contribution in [2.24, 2.45) is 0 Å². The Morgan fingerprint density at radius 3 is 2.36 bits per heavy atom. The molecule has 0 aromatic heterocycles. The minimum absolute atomic E-state index is 0.0730.